The van der Waals surface area contributed by atoms with Crippen LogP contribution in [-0.2, 0) is 9.63 Å². The summed E-state index contributed by atoms with van der Waals surface area (Å²) in [6.45, 7) is 9.36. The van der Waals surface area contributed by atoms with E-state index in [-0.39, 0.29) is 5.41 Å². The van der Waals surface area contributed by atoms with Gasteiger partial charge in [0.2, 0.25) is 0 Å². The van der Waals surface area contributed by atoms with Crippen LogP contribution in [0, 0.1) is 40.4 Å². The Morgan fingerprint density at radius 2 is 2.00 bits per heavy atom. The lowest BCUT2D eigenvalue weighted by molar-refractivity contribution is -0.141. The van der Waals surface area contributed by atoms with Crippen LogP contribution in [0.4, 0.5) is 0 Å². The molecule has 1 heterocycles. The largest absolute Gasteiger partial charge is 0.314 e. The van der Waals surface area contributed by atoms with Gasteiger partial charge in [-0.25, -0.2) is 0 Å². The summed E-state index contributed by atoms with van der Waals surface area (Å²) in [6.07, 6.45) is 11.9. The summed E-state index contributed by atoms with van der Waals surface area (Å²) in [5.41, 5.74) is 5.01. The fraction of sp³-hybridized carbons (Fsp3) is 0.875. The first-order valence-electron chi connectivity index (χ1n) is 11.8. The highest BCUT2D eigenvalue weighted by Crippen LogP contribution is 2.66. The summed E-state index contributed by atoms with van der Waals surface area (Å²) in [5.74, 6) is 4.08. The van der Waals surface area contributed by atoms with E-state index in [0.29, 0.717) is 35.1 Å². The summed E-state index contributed by atoms with van der Waals surface area (Å²) in [5, 5.41) is 3.36. The van der Waals surface area contributed by atoms with E-state index < -0.39 is 0 Å². The zero-order chi connectivity index (χ0) is 19.5. The molecular formula is C24H38N2O2. The fourth-order valence-electron chi connectivity index (χ4n) is 7.96. The third kappa shape index (κ3) is 2.81. The zero-order valence-electron chi connectivity index (χ0n) is 17.9. The van der Waals surface area contributed by atoms with Gasteiger partial charge < -0.3 is 5.32 Å². The van der Waals surface area contributed by atoms with E-state index in [9.17, 15) is 4.79 Å². The number of hydrogen-bond acceptors (Lipinski definition) is 4. The van der Waals surface area contributed by atoms with Crippen molar-refractivity contribution in [3.63, 3.8) is 0 Å². The van der Waals surface area contributed by atoms with Crippen molar-refractivity contribution in [2.45, 2.75) is 78.2 Å². The number of hydroxylamine groups is 1. The second kappa shape index (κ2) is 6.84. The molecule has 4 fully saturated rings. The van der Waals surface area contributed by atoms with Crippen LogP contribution in [0.15, 0.2) is 11.8 Å². The quantitative estimate of drug-likeness (QED) is 0.713. The maximum atomic E-state index is 12.7. The highest BCUT2D eigenvalue weighted by atomic mass is 16.7. The second-order valence-electron chi connectivity index (χ2n) is 11.1. The number of fused-ring (bicyclic) bond motifs is 5. The van der Waals surface area contributed by atoms with E-state index >= 15 is 0 Å². The number of allylic oxidation sites excluding steroid dienone is 2. The Labute approximate surface area is 170 Å². The lowest BCUT2D eigenvalue weighted by Crippen LogP contribution is -2.55. The van der Waals surface area contributed by atoms with E-state index in [1.54, 1.807) is 0 Å². The van der Waals surface area contributed by atoms with Crippen LogP contribution < -0.4 is 10.8 Å². The van der Waals surface area contributed by atoms with Gasteiger partial charge in [0.25, 0.3) is 0 Å². The van der Waals surface area contributed by atoms with Crippen LogP contribution in [0.2, 0.25) is 0 Å². The van der Waals surface area contributed by atoms with E-state index in [0.717, 1.165) is 57.0 Å². The number of nitrogens with one attached hydrogen (secondary N) is 2. The number of Topliss-reactive ketones (excluding diaryl/α,β-unsaturated/α-hetero) is 1. The predicted molar refractivity (Wildman–Crippen MR) is 110 cm³/mol. The van der Waals surface area contributed by atoms with Crippen LogP contribution >= 0.6 is 0 Å². The first-order valence-corrected chi connectivity index (χ1v) is 11.8. The van der Waals surface area contributed by atoms with Crippen molar-refractivity contribution in [1.82, 2.24) is 10.8 Å². The average molecular weight is 387 g/mol. The number of carbonyl (C=O) groups is 1. The minimum absolute atomic E-state index is 0.0149. The molecule has 3 saturated carbocycles. The van der Waals surface area contributed by atoms with Crippen LogP contribution in [-0.4, -0.2) is 25.0 Å². The molecule has 4 nitrogen and oxygen atoms in total. The van der Waals surface area contributed by atoms with E-state index in [1.165, 1.54) is 25.0 Å². The minimum Gasteiger partial charge on any atom is -0.314 e. The Morgan fingerprint density at radius 3 is 2.79 bits per heavy atom. The van der Waals surface area contributed by atoms with Crippen LogP contribution in [0.25, 0.3) is 0 Å². The van der Waals surface area contributed by atoms with Crippen molar-refractivity contribution >= 4 is 5.78 Å². The molecule has 28 heavy (non-hydrogen) atoms. The van der Waals surface area contributed by atoms with Gasteiger partial charge in [-0.15, -0.1) is 0 Å². The molecule has 5 rings (SSSR count). The van der Waals surface area contributed by atoms with Gasteiger partial charge in [-0.1, -0.05) is 26.8 Å². The lowest BCUT2D eigenvalue weighted by Gasteiger charge is -2.61. The molecule has 4 heteroatoms. The van der Waals surface area contributed by atoms with Crippen LogP contribution in [0.5, 0.6) is 0 Å². The van der Waals surface area contributed by atoms with Gasteiger partial charge in [-0.05, 0) is 86.5 Å². The van der Waals surface area contributed by atoms with Gasteiger partial charge in [0, 0.05) is 24.1 Å². The molecule has 0 radical (unpaired) electrons. The van der Waals surface area contributed by atoms with Crippen molar-refractivity contribution < 1.29 is 9.63 Å². The molecule has 0 bridgehead atoms. The summed E-state index contributed by atoms with van der Waals surface area (Å²) in [7, 11) is 0. The Bertz CT molecular complexity index is 670. The maximum Gasteiger partial charge on any atom is 0.139 e. The third-order valence-corrected chi connectivity index (χ3v) is 9.73. The second-order valence-corrected chi connectivity index (χ2v) is 11.1. The summed E-state index contributed by atoms with van der Waals surface area (Å²) < 4.78 is 0. The number of hydrogen-bond donors (Lipinski definition) is 2. The topological polar surface area (TPSA) is 50.4 Å². The molecule has 1 unspecified atom stereocenters. The van der Waals surface area contributed by atoms with E-state index in [1.807, 2.05) is 0 Å². The highest BCUT2D eigenvalue weighted by Gasteiger charge is 2.61. The molecule has 8 atom stereocenters. The highest BCUT2D eigenvalue weighted by molar-refractivity contribution is 5.87. The lowest BCUT2D eigenvalue weighted by atomic mass is 9.44. The van der Waals surface area contributed by atoms with Gasteiger partial charge in [0.1, 0.15) is 5.78 Å². The monoisotopic (exact) mass is 386 g/mol. The molecule has 1 saturated heterocycles. The van der Waals surface area contributed by atoms with Gasteiger partial charge in [0.05, 0.1) is 6.10 Å². The number of ketones is 1. The molecule has 0 spiro atoms. The molecule has 5 aliphatic rings. The number of rotatable bonds is 3. The molecule has 0 aromatic heterocycles. The van der Waals surface area contributed by atoms with Gasteiger partial charge in [0.15, 0.2) is 0 Å². The SMILES string of the molecule is C[C@@H]1CC2C=C(NO[C@@H]3CCNC3)CC[C@]2(C)[C@H]2CC[C@]3(C)C(=O)CC[C@H]3[C@H]12. The molecule has 0 aromatic rings. The molecule has 4 aliphatic carbocycles. The van der Waals surface area contributed by atoms with Gasteiger partial charge in [-0.2, -0.15) is 0 Å². The van der Waals surface area contributed by atoms with E-state index in [2.05, 4.69) is 37.6 Å². The standard InChI is InChI=1S/C24H38N2O2/c1-15-12-16-13-17(26-28-18-8-11-25-14-18)6-9-23(16,2)20-7-10-24(3)19(22(15)20)4-5-21(24)27/h13,15-16,18-20,22,25-26H,4-12,14H2,1-3H3/t15-,16?,18-,19+,20+,22+,23+,24+/m1/s1. The molecule has 2 N–H and O–H groups in total. The molecule has 1 aliphatic heterocycles. The van der Waals surface area contributed by atoms with E-state index in [4.69, 9.17) is 4.84 Å². The summed E-state index contributed by atoms with van der Waals surface area (Å²) in [6, 6.07) is 0. The Kier molecular flexibility index (Phi) is 4.67. The maximum absolute atomic E-state index is 12.7. The average Bonchev–Trinajstić information content (AvgIpc) is 3.29. The van der Waals surface area contributed by atoms with Gasteiger partial charge in [-0.3, -0.25) is 15.1 Å². The Morgan fingerprint density at radius 1 is 1.14 bits per heavy atom. The first-order chi connectivity index (χ1) is 13.4. The molecular weight excluding hydrogens is 348 g/mol. The fourth-order valence-corrected chi connectivity index (χ4v) is 7.96. The van der Waals surface area contributed by atoms with Crippen molar-refractivity contribution in [2.75, 3.05) is 13.1 Å². The third-order valence-electron chi connectivity index (χ3n) is 9.73. The van der Waals surface area contributed by atoms with Crippen molar-refractivity contribution in [2.24, 2.45) is 40.4 Å². The normalized spacial score (nSPS) is 50.5. The van der Waals surface area contributed by atoms with Crippen LogP contribution in [0.3, 0.4) is 0 Å². The smallest absolute Gasteiger partial charge is 0.139 e. The Hall–Kier alpha value is -0.870. The van der Waals surface area contributed by atoms with Crippen molar-refractivity contribution in [1.29, 1.82) is 0 Å². The number of carbonyl (C=O) groups excluding carboxylic acids is 1. The first kappa shape index (κ1) is 19.1. The summed E-state index contributed by atoms with van der Waals surface area (Å²) >= 11 is 0. The molecule has 0 aromatic carbocycles. The molecule has 0 amide bonds. The minimum atomic E-state index is -0.0149. The predicted octanol–water partition coefficient (Wildman–Crippen LogP) is 4.22. The summed E-state index contributed by atoms with van der Waals surface area (Å²) in [4.78, 5) is 18.6. The Balaban J connectivity index is 1.34. The van der Waals surface area contributed by atoms with Crippen molar-refractivity contribution in [3.05, 3.63) is 11.8 Å². The van der Waals surface area contributed by atoms with Crippen molar-refractivity contribution in [3.8, 4) is 0 Å². The van der Waals surface area contributed by atoms with Gasteiger partial charge >= 0.3 is 0 Å². The van der Waals surface area contributed by atoms with Crippen LogP contribution in [0.1, 0.15) is 72.1 Å². The zero-order valence-corrected chi connectivity index (χ0v) is 17.9. The molecule has 156 valence electrons.